The third-order valence-corrected chi connectivity index (χ3v) is 4.21. The van der Waals surface area contributed by atoms with Crippen LogP contribution < -0.4 is 16.0 Å². The van der Waals surface area contributed by atoms with E-state index in [4.69, 9.17) is 5.73 Å². The minimum Gasteiger partial charge on any atom is -0.369 e. The Morgan fingerprint density at radius 3 is 2.71 bits per heavy atom. The molecular weight excluding hydrogens is 269 g/mol. The molecule has 0 aliphatic carbocycles. The van der Waals surface area contributed by atoms with E-state index in [2.05, 4.69) is 5.32 Å². The molecule has 0 radical (unpaired) electrons. The van der Waals surface area contributed by atoms with Crippen molar-refractivity contribution in [2.24, 2.45) is 11.7 Å². The van der Waals surface area contributed by atoms with E-state index in [1.54, 1.807) is 6.07 Å². The van der Waals surface area contributed by atoms with Gasteiger partial charge in [-0.25, -0.2) is 4.39 Å². The number of rotatable bonds is 5. The number of piperidine rings is 1. The van der Waals surface area contributed by atoms with Gasteiger partial charge < -0.3 is 16.0 Å². The Kier molecular flexibility index (Phi) is 5.17. The van der Waals surface area contributed by atoms with Crippen LogP contribution in [0.5, 0.6) is 0 Å². The summed E-state index contributed by atoms with van der Waals surface area (Å²) >= 11 is 0. The first kappa shape index (κ1) is 15.8. The molecule has 1 atom stereocenters. The molecule has 4 nitrogen and oxygen atoms in total. The lowest BCUT2D eigenvalue weighted by Crippen LogP contribution is -2.39. The highest BCUT2D eigenvalue weighted by Crippen LogP contribution is 2.32. The van der Waals surface area contributed by atoms with Crippen LogP contribution >= 0.6 is 0 Å². The Balaban J connectivity index is 2.21. The molecule has 0 aromatic heterocycles. The van der Waals surface area contributed by atoms with Crippen molar-refractivity contribution < 1.29 is 9.18 Å². The summed E-state index contributed by atoms with van der Waals surface area (Å²) in [5.41, 5.74) is 6.99. The third kappa shape index (κ3) is 3.53. The number of carbonyl (C=O) groups excluding carboxylic acids is 1. The number of halogens is 1. The predicted octanol–water partition coefficient (Wildman–Crippen LogP) is 2.20. The first-order valence-corrected chi connectivity index (χ1v) is 7.60. The molecule has 1 aromatic rings. The van der Waals surface area contributed by atoms with Gasteiger partial charge in [0.1, 0.15) is 5.82 Å². The van der Waals surface area contributed by atoms with Gasteiger partial charge in [-0.3, -0.25) is 4.79 Å². The zero-order valence-corrected chi connectivity index (χ0v) is 12.7. The maximum atomic E-state index is 14.3. The zero-order chi connectivity index (χ0) is 15.4. The van der Waals surface area contributed by atoms with Crippen LogP contribution in [0.1, 0.15) is 38.3 Å². The van der Waals surface area contributed by atoms with Crippen molar-refractivity contribution in [3.05, 3.63) is 29.6 Å². The second kappa shape index (κ2) is 6.89. The number of benzene rings is 1. The Hall–Kier alpha value is -1.62. The average Bonchev–Trinajstić information content (AvgIpc) is 2.47. The summed E-state index contributed by atoms with van der Waals surface area (Å²) in [4.78, 5) is 13.3. The second-order valence-electron chi connectivity index (χ2n) is 5.62. The van der Waals surface area contributed by atoms with Crippen molar-refractivity contribution in [2.45, 2.75) is 32.7 Å². The summed E-state index contributed by atoms with van der Waals surface area (Å²) in [6, 6.07) is 5.30. The van der Waals surface area contributed by atoms with Crippen LogP contribution in [0, 0.1) is 11.7 Å². The highest BCUT2D eigenvalue weighted by molar-refractivity contribution is 5.77. The number of carbonyl (C=O) groups is 1. The van der Waals surface area contributed by atoms with Gasteiger partial charge in [-0.1, -0.05) is 19.1 Å². The zero-order valence-electron chi connectivity index (χ0n) is 12.7. The Labute approximate surface area is 125 Å². The van der Waals surface area contributed by atoms with E-state index in [9.17, 15) is 9.18 Å². The fourth-order valence-electron chi connectivity index (χ4n) is 3.02. The van der Waals surface area contributed by atoms with Crippen molar-refractivity contribution in [3.8, 4) is 0 Å². The minimum atomic E-state index is -0.246. The Bertz CT molecular complexity index is 498. The molecule has 0 saturated carbocycles. The Morgan fingerprint density at radius 1 is 1.48 bits per heavy atom. The topological polar surface area (TPSA) is 58.4 Å². The molecule has 1 fully saturated rings. The molecule has 0 bridgehead atoms. The molecule has 116 valence electrons. The summed E-state index contributed by atoms with van der Waals surface area (Å²) < 4.78 is 14.3. The number of amides is 1. The summed E-state index contributed by atoms with van der Waals surface area (Å²) in [5.74, 6) is -0.526. The standard InChI is InChI=1S/C16H24FN3O/c1-3-19-11(2)13-5-4-6-14(17)15(13)20-9-7-12(8-10-20)16(18)21/h4-6,11-12,19H,3,7-10H2,1-2H3,(H2,18,21). The van der Waals surface area contributed by atoms with Crippen LogP contribution in [0.4, 0.5) is 10.1 Å². The number of primary amides is 1. The molecule has 1 aliphatic rings. The first-order chi connectivity index (χ1) is 10.0. The third-order valence-electron chi connectivity index (χ3n) is 4.21. The molecule has 1 unspecified atom stereocenters. The van der Waals surface area contributed by atoms with Gasteiger partial charge in [-0.15, -0.1) is 0 Å². The van der Waals surface area contributed by atoms with Crippen LogP contribution in [0.2, 0.25) is 0 Å². The van der Waals surface area contributed by atoms with E-state index < -0.39 is 0 Å². The monoisotopic (exact) mass is 293 g/mol. The number of hydrogen-bond acceptors (Lipinski definition) is 3. The van der Waals surface area contributed by atoms with E-state index in [1.165, 1.54) is 6.07 Å². The lowest BCUT2D eigenvalue weighted by Gasteiger charge is -2.34. The van der Waals surface area contributed by atoms with Gasteiger partial charge >= 0.3 is 0 Å². The van der Waals surface area contributed by atoms with E-state index >= 15 is 0 Å². The van der Waals surface area contributed by atoms with Crippen molar-refractivity contribution in [1.82, 2.24) is 5.32 Å². The fourth-order valence-corrected chi connectivity index (χ4v) is 3.02. The number of anilines is 1. The molecule has 1 aromatic carbocycles. The Morgan fingerprint density at radius 2 is 2.14 bits per heavy atom. The number of hydrogen-bond donors (Lipinski definition) is 2. The highest BCUT2D eigenvalue weighted by Gasteiger charge is 2.26. The molecule has 1 aliphatic heterocycles. The molecule has 1 heterocycles. The summed E-state index contributed by atoms with van der Waals surface area (Å²) in [7, 11) is 0. The molecular formula is C16H24FN3O. The smallest absolute Gasteiger partial charge is 0.220 e. The molecule has 1 saturated heterocycles. The van der Waals surface area contributed by atoms with Crippen LogP contribution in [-0.2, 0) is 4.79 Å². The normalized spacial score (nSPS) is 17.8. The molecule has 5 heteroatoms. The quantitative estimate of drug-likeness (QED) is 0.875. The number of nitrogens with zero attached hydrogens (tertiary/aromatic N) is 1. The molecule has 3 N–H and O–H groups in total. The van der Waals surface area contributed by atoms with Gasteiger partial charge in [0.2, 0.25) is 5.91 Å². The average molecular weight is 293 g/mol. The van der Waals surface area contributed by atoms with E-state index in [0.29, 0.717) is 31.6 Å². The van der Waals surface area contributed by atoms with Crippen molar-refractivity contribution in [3.63, 3.8) is 0 Å². The number of nitrogens with two attached hydrogens (primary N) is 1. The predicted molar refractivity (Wildman–Crippen MR) is 82.6 cm³/mol. The fraction of sp³-hybridized carbons (Fsp3) is 0.562. The number of nitrogens with one attached hydrogen (secondary N) is 1. The summed E-state index contributed by atoms with van der Waals surface area (Å²) in [6.45, 7) is 6.24. The van der Waals surface area contributed by atoms with Crippen molar-refractivity contribution >= 4 is 11.6 Å². The van der Waals surface area contributed by atoms with Crippen molar-refractivity contribution in [1.29, 1.82) is 0 Å². The minimum absolute atomic E-state index is 0.0809. The van der Waals surface area contributed by atoms with Gasteiger partial charge in [0.25, 0.3) is 0 Å². The first-order valence-electron chi connectivity index (χ1n) is 7.60. The molecule has 0 spiro atoms. The largest absolute Gasteiger partial charge is 0.369 e. The SMILES string of the molecule is CCNC(C)c1cccc(F)c1N1CCC(C(N)=O)CC1. The lowest BCUT2D eigenvalue weighted by atomic mass is 9.94. The molecule has 2 rings (SSSR count). The molecule has 21 heavy (non-hydrogen) atoms. The number of para-hydroxylation sites is 1. The van der Waals surface area contributed by atoms with Gasteiger partial charge in [0, 0.05) is 25.0 Å². The van der Waals surface area contributed by atoms with Crippen molar-refractivity contribution in [2.75, 3.05) is 24.5 Å². The van der Waals surface area contributed by atoms with Gasteiger partial charge in [0.15, 0.2) is 0 Å². The van der Waals surface area contributed by atoms with E-state index in [-0.39, 0.29) is 23.7 Å². The maximum Gasteiger partial charge on any atom is 0.220 e. The van der Waals surface area contributed by atoms with Crippen LogP contribution in [-0.4, -0.2) is 25.5 Å². The summed E-state index contributed by atoms with van der Waals surface area (Å²) in [6.07, 6.45) is 1.39. The summed E-state index contributed by atoms with van der Waals surface area (Å²) in [5, 5.41) is 3.33. The highest BCUT2D eigenvalue weighted by atomic mass is 19.1. The van der Waals surface area contributed by atoms with E-state index in [1.807, 2.05) is 24.8 Å². The van der Waals surface area contributed by atoms with Gasteiger partial charge in [-0.05, 0) is 37.9 Å². The van der Waals surface area contributed by atoms with Gasteiger partial charge in [-0.2, -0.15) is 0 Å². The molecule has 1 amide bonds. The van der Waals surface area contributed by atoms with Crippen LogP contribution in [0.25, 0.3) is 0 Å². The second-order valence-corrected chi connectivity index (χ2v) is 5.62. The van der Waals surface area contributed by atoms with Gasteiger partial charge in [0.05, 0.1) is 5.69 Å². The van der Waals surface area contributed by atoms with Crippen LogP contribution in [0.15, 0.2) is 18.2 Å². The van der Waals surface area contributed by atoms with Crippen LogP contribution in [0.3, 0.4) is 0 Å². The van der Waals surface area contributed by atoms with E-state index in [0.717, 1.165) is 12.1 Å². The lowest BCUT2D eigenvalue weighted by molar-refractivity contribution is -0.122. The maximum absolute atomic E-state index is 14.3.